The maximum atomic E-state index is 11.5. The van der Waals surface area contributed by atoms with Gasteiger partial charge in [0.15, 0.2) is 0 Å². The molecule has 0 radical (unpaired) electrons. The molecule has 1 aromatic carbocycles. The van der Waals surface area contributed by atoms with Crippen LogP contribution in [0.4, 0.5) is 5.69 Å². The summed E-state index contributed by atoms with van der Waals surface area (Å²) < 4.78 is 1.59. The molecule has 0 unspecified atom stereocenters. The van der Waals surface area contributed by atoms with E-state index in [1.807, 2.05) is 37.2 Å². The summed E-state index contributed by atoms with van der Waals surface area (Å²) >= 11 is 0. The molecule has 0 aliphatic carbocycles. The molecule has 0 aliphatic heterocycles. The largest absolute Gasteiger partial charge is 0.377 e. The molecule has 0 atom stereocenters. The highest BCUT2D eigenvalue weighted by molar-refractivity contribution is 5.57. The quantitative estimate of drug-likeness (QED) is 0.829. The number of aromatic nitrogens is 2. The van der Waals surface area contributed by atoms with Crippen molar-refractivity contribution < 1.29 is 0 Å². The van der Waals surface area contributed by atoms with Crippen LogP contribution in [0, 0.1) is 6.92 Å². The van der Waals surface area contributed by atoms with Crippen molar-refractivity contribution in [2.45, 2.75) is 6.92 Å². The van der Waals surface area contributed by atoms with Gasteiger partial charge in [0.25, 0.3) is 0 Å². The van der Waals surface area contributed by atoms with Gasteiger partial charge in [-0.3, -0.25) is 4.57 Å². The van der Waals surface area contributed by atoms with Crippen molar-refractivity contribution in [1.29, 1.82) is 0 Å². The second-order valence-corrected chi connectivity index (χ2v) is 4.00. The monoisotopic (exact) mass is 217 g/mol. The molecule has 0 saturated carbocycles. The molecule has 0 aliphatic rings. The smallest absolute Gasteiger partial charge is 0.330 e. The molecule has 0 fully saturated rings. The average molecular weight is 217 g/mol. The van der Waals surface area contributed by atoms with Crippen LogP contribution in [0.15, 0.2) is 35.4 Å². The first kappa shape index (κ1) is 10.5. The summed E-state index contributed by atoms with van der Waals surface area (Å²) in [5.74, 6) is 0. The normalized spacial score (nSPS) is 10.4. The van der Waals surface area contributed by atoms with Crippen LogP contribution >= 0.6 is 0 Å². The number of rotatable bonds is 2. The zero-order valence-electron chi connectivity index (χ0n) is 9.69. The molecule has 1 heterocycles. The van der Waals surface area contributed by atoms with Gasteiger partial charge in [-0.05, 0) is 24.6 Å². The first-order valence-electron chi connectivity index (χ1n) is 5.14. The molecule has 0 spiro atoms. The van der Waals surface area contributed by atoms with Gasteiger partial charge < -0.3 is 9.88 Å². The van der Waals surface area contributed by atoms with Crippen molar-refractivity contribution in [2.75, 3.05) is 19.0 Å². The number of benzene rings is 1. The third kappa shape index (κ3) is 1.74. The van der Waals surface area contributed by atoms with E-state index in [1.165, 1.54) is 5.56 Å². The number of aryl methyl sites for hydroxylation is 1. The van der Waals surface area contributed by atoms with Crippen molar-refractivity contribution in [2.24, 2.45) is 0 Å². The number of hydrogen-bond donors (Lipinski definition) is 1. The molecule has 2 rings (SSSR count). The Hall–Kier alpha value is -1.97. The second-order valence-electron chi connectivity index (χ2n) is 4.00. The van der Waals surface area contributed by atoms with E-state index >= 15 is 0 Å². The minimum Gasteiger partial charge on any atom is -0.377 e. The Kier molecular flexibility index (Phi) is 2.56. The van der Waals surface area contributed by atoms with E-state index in [0.717, 1.165) is 11.4 Å². The Bertz CT molecular complexity index is 551. The van der Waals surface area contributed by atoms with Crippen LogP contribution < -0.4 is 10.6 Å². The Morgan fingerprint density at radius 2 is 2.06 bits per heavy atom. The van der Waals surface area contributed by atoms with Crippen LogP contribution in [0.3, 0.4) is 0 Å². The van der Waals surface area contributed by atoms with Gasteiger partial charge in [0.2, 0.25) is 0 Å². The van der Waals surface area contributed by atoms with Gasteiger partial charge >= 0.3 is 5.69 Å². The maximum absolute atomic E-state index is 11.5. The summed E-state index contributed by atoms with van der Waals surface area (Å²) in [6, 6.07) is 5.96. The molecule has 84 valence electrons. The van der Waals surface area contributed by atoms with E-state index < -0.39 is 0 Å². The third-order valence-electron chi connectivity index (χ3n) is 2.60. The zero-order valence-corrected chi connectivity index (χ0v) is 9.69. The Morgan fingerprint density at radius 3 is 2.62 bits per heavy atom. The Labute approximate surface area is 94.1 Å². The molecule has 2 aromatic rings. The van der Waals surface area contributed by atoms with Crippen LogP contribution in [-0.2, 0) is 0 Å². The van der Waals surface area contributed by atoms with Crippen molar-refractivity contribution in [3.05, 3.63) is 46.6 Å². The number of imidazole rings is 1. The fourth-order valence-electron chi connectivity index (χ4n) is 1.75. The molecule has 1 aromatic heterocycles. The van der Waals surface area contributed by atoms with Crippen LogP contribution in [-0.4, -0.2) is 23.6 Å². The van der Waals surface area contributed by atoms with E-state index in [-0.39, 0.29) is 5.69 Å². The number of nitrogens with one attached hydrogen (secondary N) is 1. The summed E-state index contributed by atoms with van der Waals surface area (Å²) in [7, 11) is 3.98. The number of nitrogens with zero attached hydrogens (tertiary/aromatic N) is 2. The average Bonchev–Trinajstić information content (AvgIpc) is 2.65. The van der Waals surface area contributed by atoms with E-state index in [0.29, 0.717) is 0 Å². The van der Waals surface area contributed by atoms with Crippen molar-refractivity contribution in [1.82, 2.24) is 9.55 Å². The van der Waals surface area contributed by atoms with Crippen LogP contribution in [0.2, 0.25) is 0 Å². The number of hydrogen-bond acceptors (Lipinski definition) is 2. The molecule has 4 heteroatoms. The second kappa shape index (κ2) is 3.89. The fraction of sp³-hybridized carbons (Fsp3) is 0.250. The lowest BCUT2D eigenvalue weighted by molar-refractivity contribution is 0.981. The van der Waals surface area contributed by atoms with E-state index in [9.17, 15) is 4.79 Å². The van der Waals surface area contributed by atoms with Crippen LogP contribution in [0.1, 0.15) is 5.56 Å². The summed E-state index contributed by atoms with van der Waals surface area (Å²) in [4.78, 5) is 16.1. The van der Waals surface area contributed by atoms with Crippen molar-refractivity contribution >= 4 is 5.69 Å². The van der Waals surface area contributed by atoms with Gasteiger partial charge in [-0.2, -0.15) is 0 Å². The van der Waals surface area contributed by atoms with E-state index in [4.69, 9.17) is 0 Å². The lowest BCUT2D eigenvalue weighted by Crippen LogP contribution is -2.15. The molecular weight excluding hydrogens is 202 g/mol. The SMILES string of the molecule is Cc1ccc(-n2cc[nH]c2=O)cc1N(C)C. The first-order valence-corrected chi connectivity index (χ1v) is 5.14. The van der Waals surface area contributed by atoms with Gasteiger partial charge in [0.1, 0.15) is 0 Å². The topological polar surface area (TPSA) is 41.0 Å². The minimum absolute atomic E-state index is 0.117. The van der Waals surface area contributed by atoms with Crippen LogP contribution in [0.5, 0.6) is 0 Å². The predicted octanol–water partition coefficient (Wildman–Crippen LogP) is 1.54. The maximum Gasteiger partial charge on any atom is 0.330 e. The van der Waals surface area contributed by atoms with Gasteiger partial charge in [-0.15, -0.1) is 0 Å². The number of anilines is 1. The molecule has 1 N–H and O–H groups in total. The summed E-state index contributed by atoms with van der Waals surface area (Å²) in [5, 5.41) is 0. The minimum atomic E-state index is -0.117. The third-order valence-corrected chi connectivity index (χ3v) is 2.60. The number of aromatic amines is 1. The predicted molar refractivity (Wildman–Crippen MR) is 65.5 cm³/mol. The summed E-state index contributed by atoms with van der Waals surface area (Å²) in [5.41, 5.74) is 3.07. The Morgan fingerprint density at radius 1 is 1.31 bits per heavy atom. The molecule has 0 amide bonds. The molecule has 4 nitrogen and oxygen atoms in total. The van der Waals surface area contributed by atoms with Crippen molar-refractivity contribution in [3.63, 3.8) is 0 Å². The first-order chi connectivity index (χ1) is 7.59. The lowest BCUT2D eigenvalue weighted by Gasteiger charge is -2.16. The summed E-state index contributed by atoms with van der Waals surface area (Å²) in [6.07, 6.45) is 3.37. The zero-order chi connectivity index (χ0) is 11.7. The standard InChI is InChI=1S/C12H15N3O/c1-9-4-5-10(8-11(9)14(2)3)15-7-6-13-12(15)16/h4-8H,1-3H3,(H,13,16). The van der Waals surface area contributed by atoms with Gasteiger partial charge in [-0.1, -0.05) is 6.07 Å². The van der Waals surface area contributed by atoms with Crippen LogP contribution in [0.25, 0.3) is 5.69 Å². The molecular formula is C12H15N3O. The Balaban J connectivity index is 2.56. The molecule has 16 heavy (non-hydrogen) atoms. The van der Waals surface area contributed by atoms with Gasteiger partial charge in [0, 0.05) is 32.2 Å². The highest BCUT2D eigenvalue weighted by Gasteiger charge is 2.05. The highest BCUT2D eigenvalue weighted by atomic mass is 16.1. The van der Waals surface area contributed by atoms with E-state index in [1.54, 1.807) is 17.0 Å². The molecule has 0 saturated heterocycles. The fourth-order valence-corrected chi connectivity index (χ4v) is 1.75. The van der Waals surface area contributed by atoms with E-state index in [2.05, 4.69) is 11.9 Å². The lowest BCUT2D eigenvalue weighted by atomic mass is 10.1. The van der Waals surface area contributed by atoms with Gasteiger partial charge in [0.05, 0.1) is 5.69 Å². The summed E-state index contributed by atoms with van der Waals surface area (Å²) in [6.45, 7) is 2.05. The number of H-pyrrole nitrogens is 1. The molecule has 0 bridgehead atoms. The highest BCUT2D eigenvalue weighted by Crippen LogP contribution is 2.20. The van der Waals surface area contributed by atoms with Gasteiger partial charge in [-0.25, -0.2) is 4.79 Å². The van der Waals surface area contributed by atoms with Crippen molar-refractivity contribution in [3.8, 4) is 5.69 Å².